The zero-order valence-electron chi connectivity index (χ0n) is 10.4. The Balaban J connectivity index is 2.15. The molecule has 1 aliphatic heterocycles. The maximum atomic E-state index is 10.9. The quantitative estimate of drug-likeness (QED) is 0.648. The lowest BCUT2D eigenvalue weighted by molar-refractivity contribution is -0.385. The second kappa shape index (κ2) is 5.30. The minimum atomic E-state index is -0.373. The molecule has 1 unspecified atom stereocenters. The molecule has 0 spiro atoms. The molecule has 98 valence electrons. The van der Waals surface area contributed by atoms with Crippen molar-refractivity contribution in [3.05, 3.63) is 27.9 Å². The molecular weight excluding hydrogens is 234 g/mol. The van der Waals surface area contributed by atoms with Crippen molar-refractivity contribution in [2.45, 2.75) is 19.8 Å². The number of aliphatic hydroxyl groups excluding tert-OH is 1. The lowest BCUT2D eigenvalue weighted by atomic mass is 10.1. The summed E-state index contributed by atoms with van der Waals surface area (Å²) in [7, 11) is 0. The van der Waals surface area contributed by atoms with E-state index >= 15 is 0 Å². The second-order valence-electron chi connectivity index (χ2n) is 4.70. The number of hydrogen-bond donors (Lipinski definition) is 1. The fourth-order valence-electron chi connectivity index (χ4n) is 2.33. The lowest BCUT2D eigenvalue weighted by Crippen LogP contribution is -2.21. The first-order chi connectivity index (χ1) is 8.61. The van der Waals surface area contributed by atoms with Crippen LogP contribution in [-0.2, 0) is 0 Å². The van der Waals surface area contributed by atoms with E-state index in [9.17, 15) is 10.1 Å². The van der Waals surface area contributed by atoms with Crippen LogP contribution in [-0.4, -0.2) is 34.7 Å². The van der Waals surface area contributed by atoms with Gasteiger partial charge in [-0.05, 0) is 25.7 Å². The molecular formula is C12H17N3O3. The molecule has 0 amide bonds. The summed E-state index contributed by atoms with van der Waals surface area (Å²) in [6, 6.07) is 1.54. The average Bonchev–Trinajstić information content (AvgIpc) is 2.78. The third kappa shape index (κ3) is 2.59. The molecule has 18 heavy (non-hydrogen) atoms. The summed E-state index contributed by atoms with van der Waals surface area (Å²) in [6.07, 6.45) is 3.33. The first-order valence-corrected chi connectivity index (χ1v) is 6.08. The van der Waals surface area contributed by atoms with E-state index in [4.69, 9.17) is 5.11 Å². The lowest BCUT2D eigenvalue weighted by Gasteiger charge is -2.17. The van der Waals surface area contributed by atoms with Gasteiger partial charge in [0.05, 0.1) is 11.0 Å². The number of aryl methyl sites for hydroxylation is 1. The molecule has 1 aliphatic rings. The van der Waals surface area contributed by atoms with Crippen molar-refractivity contribution in [1.29, 1.82) is 0 Å². The van der Waals surface area contributed by atoms with Crippen molar-refractivity contribution in [3.8, 4) is 0 Å². The summed E-state index contributed by atoms with van der Waals surface area (Å²) < 4.78 is 0. The van der Waals surface area contributed by atoms with Crippen LogP contribution < -0.4 is 4.90 Å². The van der Waals surface area contributed by atoms with Crippen LogP contribution >= 0.6 is 0 Å². The standard InChI is InChI=1S/C12H17N3O3/c1-9-7-13-12(6-11(9)15(17)18)14-4-2-10(8-14)3-5-16/h6-7,10,16H,2-5,8H2,1H3. The molecule has 0 aromatic carbocycles. The minimum absolute atomic E-state index is 0.116. The summed E-state index contributed by atoms with van der Waals surface area (Å²) >= 11 is 0. The highest BCUT2D eigenvalue weighted by Crippen LogP contribution is 2.27. The summed E-state index contributed by atoms with van der Waals surface area (Å²) in [6.45, 7) is 3.54. The number of pyridine rings is 1. The molecule has 1 aromatic rings. The molecule has 0 saturated carbocycles. The van der Waals surface area contributed by atoms with Gasteiger partial charge < -0.3 is 10.0 Å². The normalized spacial score (nSPS) is 19.2. The van der Waals surface area contributed by atoms with E-state index in [1.165, 1.54) is 6.07 Å². The van der Waals surface area contributed by atoms with Crippen molar-refractivity contribution in [1.82, 2.24) is 4.98 Å². The molecule has 0 bridgehead atoms. The van der Waals surface area contributed by atoms with Crippen molar-refractivity contribution in [2.75, 3.05) is 24.6 Å². The molecule has 0 aliphatic carbocycles. The van der Waals surface area contributed by atoms with E-state index in [0.717, 1.165) is 25.9 Å². The maximum Gasteiger partial charge on any atom is 0.277 e. The van der Waals surface area contributed by atoms with Crippen LogP contribution in [0.25, 0.3) is 0 Å². The molecule has 1 atom stereocenters. The largest absolute Gasteiger partial charge is 0.396 e. The van der Waals surface area contributed by atoms with Crippen LogP contribution in [0.15, 0.2) is 12.3 Å². The number of aliphatic hydroxyl groups is 1. The van der Waals surface area contributed by atoms with Gasteiger partial charge in [0.2, 0.25) is 0 Å². The minimum Gasteiger partial charge on any atom is -0.396 e. The van der Waals surface area contributed by atoms with Crippen LogP contribution in [0.3, 0.4) is 0 Å². The van der Waals surface area contributed by atoms with Crippen LogP contribution in [0.5, 0.6) is 0 Å². The van der Waals surface area contributed by atoms with E-state index in [2.05, 4.69) is 4.98 Å². The average molecular weight is 251 g/mol. The van der Waals surface area contributed by atoms with Gasteiger partial charge in [0.25, 0.3) is 5.69 Å². The smallest absolute Gasteiger partial charge is 0.277 e. The van der Waals surface area contributed by atoms with Gasteiger partial charge in [-0.25, -0.2) is 4.98 Å². The van der Waals surface area contributed by atoms with Crippen LogP contribution in [0, 0.1) is 23.0 Å². The van der Waals surface area contributed by atoms with Gasteiger partial charge >= 0.3 is 0 Å². The summed E-state index contributed by atoms with van der Waals surface area (Å²) in [5.41, 5.74) is 0.695. The molecule has 2 heterocycles. The van der Waals surface area contributed by atoms with E-state index in [0.29, 0.717) is 17.3 Å². The Kier molecular flexibility index (Phi) is 3.76. The SMILES string of the molecule is Cc1cnc(N2CCC(CCO)C2)cc1[N+](=O)[O-]. The van der Waals surface area contributed by atoms with Gasteiger partial charge in [0.1, 0.15) is 5.82 Å². The Morgan fingerprint density at radius 3 is 3.11 bits per heavy atom. The van der Waals surface area contributed by atoms with Gasteiger partial charge in [-0.2, -0.15) is 0 Å². The van der Waals surface area contributed by atoms with E-state index < -0.39 is 0 Å². The van der Waals surface area contributed by atoms with Crippen molar-refractivity contribution < 1.29 is 10.0 Å². The molecule has 2 rings (SSSR count). The van der Waals surface area contributed by atoms with Crippen LogP contribution in [0.1, 0.15) is 18.4 Å². The Morgan fingerprint density at radius 2 is 2.44 bits per heavy atom. The van der Waals surface area contributed by atoms with E-state index in [-0.39, 0.29) is 17.2 Å². The zero-order chi connectivity index (χ0) is 13.1. The number of nitrogens with zero attached hydrogens (tertiary/aromatic N) is 3. The fraction of sp³-hybridized carbons (Fsp3) is 0.583. The zero-order valence-corrected chi connectivity index (χ0v) is 10.4. The van der Waals surface area contributed by atoms with Gasteiger partial charge in [-0.1, -0.05) is 0 Å². The number of rotatable bonds is 4. The molecule has 1 aromatic heterocycles. The summed E-state index contributed by atoms with van der Waals surface area (Å²) in [4.78, 5) is 16.8. The summed E-state index contributed by atoms with van der Waals surface area (Å²) in [5, 5.41) is 19.8. The number of aromatic nitrogens is 1. The Bertz CT molecular complexity index is 450. The first kappa shape index (κ1) is 12.8. The topological polar surface area (TPSA) is 79.5 Å². The Morgan fingerprint density at radius 1 is 1.67 bits per heavy atom. The Labute approximate surface area is 105 Å². The monoisotopic (exact) mass is 251 g/mol. The third-order valence-electron chi connectivity index (χ3n) is 3.40. The fourth-order valence-corrected chi connectivity index (χ4v) is 2.33. The van der Waals surface area contributed by atoms with E-state index in [1.54, 1.807) is 13.1 Å². The number of anilines is 1. The summed E-state index contributed by atoms with van der Waals surface area (Å²) in [5.74, 6) is 1.12. The maximum absolute atomic E-state index is 10.9. The highest BCUT2D eigenvalue weighted by molar-refractivity contribution is 5.51. The van der Waals surface area contributed by atoms with Gasteiger partial charge in [-0.3, -0.25) is 10.1 Å². The van der Waals surface area contributed by atoms with Crippen molar-refractivity contribution >= 4 is 11.5 Å². The highest BCUT2D eigenvalue weighted by atomic mass is 16.6. The predicted octanol–water partition coefficient (Wildman–Crippen LogP) is 1.51. The number of nitro groups is 1. The van der Waals surface area contributed by atoms with Crippen molar-refractivity contribution in [3.63, 3.8) is 0 Å². The van der Waals surface area contributed by atoms with Crippen LogP contribution in [0.2, 0.25) is 0 Å². The van der Waals surface area contributed by atoms with E-state index in [1.807, 2.05) is 4.90 Å². The Hall–Kier alpha value is -1.69. The second-order valence-corrected chi connectivity index (χ2v) is 4.70. The number of hydrogen-bond acceptors (Lipinski definition) is 5. The van der Waals surface area contributed by atoms with Gasteiger partial charge in [0, 0.05) is 31.5 Å². The molecule has 0 radical (unpaired) electrons. The third-order valence-corrected chi connectivity index (χ3v) is 3.40. The molecule has 6 heteroatoms. The van der Waals surface area contributed by atoms with Crippen LogP contribution in [0.4, 0.5) is 11.5 Å². The molecule has 1 saturated heterocycles. The first-order valence-electron chi connectivity index (χ1n) is 6.08. The molecule has 1 N–H and O–H groups in total. The highest BCUT2D eigenvalue weighted by Gasteiger charge is 2.24. The van der Waals surface area contributed by atoms with Gasteiger partial charge in [0.15, 0.2) is 0 Å². The van der Waals surface area contributed by atoms with Gasteiger partial charge in [-0.15, -0.1) is 0 Å². The predicted molar refractivity (Wildman–Crippen MR) is 67.7 cm³/mol. The molecule has 1 fully saturated rings. The molecule has 6 nitrogen and oxygen atoms in total. The van der Waals surface area contributed by atoms with Crippen molar-refractivity contribution in [2.24, 2.45) is 5.92 Å².